The molecule has 0 aliphatic carbocycles. The van der Waals surface area contributed by atoms with E-state index in [0.717, 1.165) is 11.5 Å². The van der Waals surface area contributed by atoms with Gasteiger partial charge in [-0.25, -0.2) is 9.37 Å². The molecule has 0 amide bonds. The normalized spacial score (nSPS) is 10.4. The van der Waals surface area contributed by atoms with Crippen LogP contribution in [0.3, 0.4) is 0 Å². The second-order valence-corrected chi connectivity index (χ2v) is 5.41. The largest absolute Gasteiger partial charge is 0.389 e. The molecule has 0 saturated carbocycles. The molecule has 0 radical (unpaired) electrons. The maximum atomic E-state index is 14.0. The number of nitrogens with two attached hydrogens (primary N) is 1. The zero-order valence-corrected chi connectivity index (χ0v) is 12.4. The Kier molecular flexibility index (Phi) is 3.88. The number of aryl methyl sites for hydroxylation is 1. The number of rotatable bonds is 3. The topological polar surface area (TPSA) is 63.8 Å². The second-order valence-electron chi connectivity index (χ2n) is 3.42. The summed E-state index contributed by atoms with van der Waals surface area (Å²) in [5.74, 6) is 0.176. The molecular formula is C10H8BrFN4S2. The SMILES string of the molecule is Cc1nsc(Nc2ccc(C(N)=S)c(Br)c2F)n1. The molecule has 1 heterocycles. The van der Waals surface area contributed by atoms with Crippen molar-refractivity contribution < 1.29 is 4.39 Å². The number of benzene rings is 1. The zero-order valence-electron chi connectivity index (χ0n) is 9.20. The monoisotopic (exact) mass is 346 g/mol. The summed E-state index contributed by atoms with van der Waals surface area (Å²) in [7, 11) is 0. The molecule has 0 spiro atoms. The van der Waals surface area contributed by atoms with E-state index in [0.29, 0.717) is 16.5 Å². The lowest BCUT2D eigenvalue weighted by atomic mass is 10.2. The summed E-state index contributed by atoms with van der Waals surface area (Å²) in [6.07, 6.45) is 0. The van der Waals surface area contributed by atoms with E-state index in [4.69, 9.17) is 18.0 Å². The average molecular weight is 347 g/mol. The van der Waals surface area contributed by atoms with Crippen LogP contribution >= 0.6 is 39.7 Å². The molecule has 4 nitrogen and oxygen atoms in total. The Hall–Kier alpha value is -1.12. The van der Waals surface area contributed by atoms with Crippen molar-refractivity contribution in [2.24, 2.45) is 5.73 Å². The molecule has 0 fully saturated rings. The number of halogens is 2. The number of hydrogen-bond acceptors (Lipinski definition) is 5. The lowest BCUT2D eigenvalue weighted by molar-refractivity contribution is 0.625. The van der Waals surface area contributed by atoms with Gasteiger partial charge in [0.15, 0.2) is 5.82 Å². The first kappa shape index (κ1) is 13.3. The fourth-order valence-electron chi connectivity index (χ4n) is 1.30. The van der Waals surface area contributed by atoms with E-state index in [1.165, 1.54) is 0 Å². The van der Waals surface area contributed by atoms with Gasteiger partial charge in [0, 0.05) is 17.1 Å². The Labute approximate surface area is 121 Å². The molecular weight excluding hydrogens is 339 g/mol. The third kappa shape index (κ3) is 2.65. The number of anilines is 2. The minimum absolute atomic E-state index is 0.138. The van der Waals surface area contributed by atoms with Gasteiger partial charge in [-0.2, -0.15) is 4.37 Å². The summed E-state index contributed by atoms with van der Waals surface area (Å²) in [6.45, 7) is 1.77. The fraction of sp³-hybridized carbons (Fsp3) is 0.100. The van der Waals surface area contributed by atoms with Crippen molar-refractivity contribution in [3.8, 4) is 0 Å². The highest BCUT2D eigenvalue weighted by Gasteiger charge is 2.13. The number of nitrogens with zero attached hydrogens (tertiary/aromatic N) is 2. The highest BCUT2D eigenvalue weighted by Crippen LogP contribution is 2.29. The molecule has 94 valence electrons. The first-order chi connectivity index (χ1) is 8.49. The van der Waals surface area contributed by atoms with Gasteiger partial charge in [-0.3, -0.25) is 0 Å². The molecule has 2 rings (SSSR count). The number of hydrogen-bond donors (Lipinski definition) is 2. The van der Waals surface area contributed by atoms with Crippen LogP contribution in [-0.2, 0) is 0 Å². The molecule has 0 aliphatic heterocycles. The van der Waals surface area contributed by atoms with E-state index in [9.17, 15) is 4.39 Å². The van der Waals surface area contributed by atoms with Crippen LogP contribution in [0.5, 0.6) is 0 Å². The van der Waals surface area contributed by atoms with E-state index in [1.54, 1.807) is 19.1 Å². The Morgan fingerprint density at radius 3 is 2.83 bits per heavy atom. The molecule has 0 unspecified atom stereocenters. The van der Waals surface area contributed by atoms with Crippen LogP contribution in [0.1, 0.15) is 11.4 Å². The fourth-order valence-corrected chi connectivity index (χ4v) is 2.75. The lowest BCUT2D eigenvalue weighted by Crippen LogP contribution is -2.11. The molecule has 1 aromatic heterocycles. The standard InChI is InChI=1S/C10H8BrFN4S2/c1-4-14-10(18-16-4)15-6-3-2-5(9(13)17)7(11)8(6)12/h2-3H,1H3,(H2,13,17)(H,14,15,16). The average Bonchev–Trinajstić information content (AvgIpc) is 2.70. The van der Waals surface area contributed by atoms with E-state index in [1.807, 2.05) is 0 Å². The molecule has 0 bridgehead atoms. The van der Waals surface area contributed by atoms with Gasteiger partial charge in [0.2, 0.25) is 5.13 Å². The van der Waals surface area contributed by atoms with Crippen LogP contribution in [0, 0.1) is 12.7 Å². The van der Waals surface area contributed by atoms with Crippen molar-refractivity contribution in [1.82, 2.24) is 9.36 Å². The van der Waals surface area contributed by atoms with E-state index >= 15 is 0 Å². The van der Waals surface area contributed by atoms with Gasteiger partial charge < -0.3 is 11.1 Å². The summed E-state index contributed by atoms with van der Waals surface area (Å²) >= 11 is 9.13. The van der Waals surface area contributed by atoms with Crippen molar-refractivity contribution in [1.29, 1.82) is 0 Å². The molecule has 2 aromatic rings. The molecule has 0 atom stereocenters. The van der Waals surface area contributed by atoms with Gasteiger partial charge in [0.1, 0.15) is 10.8 Å². The van der Waals surface area contributed by atoms with Crippen molar-refractivity contribution in [2.45, 2.75) is 6.92 Å². The van der Waals surface area contributed by atoms with Crippen LogP contribution in [-0.4, -0.2) is 14.3 Å². The highest BCUT2D eigenvalue weighted by molar-refractivity contribution is 9.10. The minimum Gasteiger partial charge on any atom is -0.389 e. The first-order valence-corrected chi connectivity index (χ1v) is 6.81. The predicted octanol–water partition coefficient (Wildman–Crippen LogP) is 3.13. The van der Waals surface area contributed by atoms with Gasteiger partial charge in [-0.1, -0.05) is 12.2 Å². The third-order valence-electron chi connectivity index (χ3n) is 2.12. The van der Waals surface area contributed by atoms with Crippen LogP contribution in [0.4, 0.5) is 15.2 Å². The van der Waals surface area contributed by atoms with Gasteiger partial charge in [-0.05, 0) is 35.0 Å². The van der Waals surface area contributed by atoms with Crippen LogP contribution in [0.2, 0.25) is 0 Å². The van der Waals surface area contributed by atoms with Crippen molar-refractivity contribution in [3.63, 3.8) is 0 Å². The zero-order chi connectivity index (χ0) is 13.3. The highest BCUT2D eigenvalue weighted by atomic mass is 79.9. The lowest BCUT2D eigenvalue weighted by Gasteiger charge is -2.08. The summed E-state index contributed by atoms with van der Waals surface area (Å²) in [4.78, 5) is 4.24. The summed E-state index contributed by atoms with van der Waals surface area (Å²) < 4.78 is 18.3. The predicted molar refractivity (Wildman–Crippen MR) is 77.9 cm³/mol. The third-order valence-corrected chi connectivity index (χ3v) is 3.83. The Morgan fingerprint density at radius 1 is 1.56 bits per heavy atom. The number of thiocarbonyl (C=S) groups is 1. The van der Waals surface area contributed by atoms with E-state index < -0.39 is 5.82 Å². The minimum atomic E-state index is -0.465. The van der Waals surface area contributed by atoms with Crippen molar-refractivity contribution in [2.75, 3.05) is 5.32 Å². The van der Waals surface area contributed by atoms with Crippen molar-refractivity contribution in [3.05, 3.63) is 33.8 Å². The van der Waals surface area contributed by atoms with Gasteiger partial charge in [-0.15, -0.1) is 0 Å². The molecule has 8 heteroatoms. The quantitative estimate of drug-likeness (QED) is 0.836. The smallest absolute Gasteiger partial charge is 0.207 e. The van der Waals surface area contributed by atoms with Gasteiger partial charge in [0.05, 0.1) is 10.2 Å². The molecule has 0 aliphatic rings. The maximum Gasteiger partial charge on any atom is 0.207 e. The molecule has 3 N–H and O–H groups in total. The van der Waals surface area contributed by atoms with Crippen LogP contribution < -0.4 is 11.1 Å². The Bertz CT molecular complexity index is 614. The van der Waals surface area contributed by atoms with E-state index in [2.05, 4.69) is 30.6 Å². The van der Waals surface area contributed by atoms with E-state index in [-0.39, 0.29) is 15.1 Å². The molecule has 1 aromatic carbocycles. The summed E-state index contributed by atoms with van der Waals surface area (Å²) in [5.41, 5.74) is 6.23. The number of nitrogens with one attached hydrogen (secondary N) is 1. The summed E-state index contributed by atoms with van der Waals surface area (Å²) in [6, 6.07) is 3.21. The Morgan fingerprint density at radius 2 is 2.28 bits per heavy atom. The van der Waals surface area contributed by atoms with Crippen LogP contribution in [0.15, 0.2) is 16.6 Å². The Balaban J connectivity index is 2.35. The first-order valence-electron chi connectivity index (χ1n) is 4.84. The molecule has 18 heavy (non-hydrogen) atoms. The second kappa shape index (κ2) is 5.25. The number of aromatic nitrogens is 2. The molecule has 0 saturated heterocycles. The van der Waals surface area contributed by atoms with Gasteiger partial charge in [0.25, 0.3) is 0 Å². The summed E-state index contributed by atoms with van der Waals surface area (Å²) in [5, 5.41) is 3.38. The van der Waals surface area contributed by atoms with Gasteiger partial charge >= 0.3 is 0 Å². The van der Waals surface area contributed by atoms with Crippen molar-refractivity contribution >= 4 is 55.5 Å². The van der Waals surface area contributed by atoms with Crippen LogP contribution in [0.25, 0.3) is 0 Å². The maximum absolute atomic E-state index is 14.0.